The Morgan fingerprint density at radius 2 is 1.68 bits per heavy atom. The van der Waals surface area contributed by atoms with Crippen molar-refractivity contribution in [2.24, 2.45) is 0 Å². The van der Waals surface area contributed by atoms with Crippen molar-refractivity contribution in [2.75, 3.05) is 5.06 Å². The van der Waals surface area contributed by atoms with E-state index in [1.165, 1.54) is 17.2 Å². The second-order valence-corrected chi connectivity index (χ2v) is 4.62. The van der Waals surface area contributed by atoms with E-state index in [1.54, 1.807) is 24.3 Å². The molecule has 0 saturated heterocycles. The molecule has 0 aliphatic carbocycles. The molecule has 2 rings (SSSR count). The van der Waals surface area contributed by atoms with Crippen LogP contribution in [0.5, 0.6) is 0 Å². The molecule has 0 heterocycles. The summed E-state index contributed by atoms with van der Waals surface area (Å²) in [6, 6.07) is 14.9. The van der Waals surface area contributed by atoms with E-state index in [4.69, 9.17) is 4.84 Å². The number of hydrogen-bond acceptors (Lipinski definition) is 5. The molecule has 22 heavy (non-hydrogen) atoms. The lowest BCUT2D eigenvalue weighted by Crippen LogP contribution is -2.22. The molecule has 0 aromatic heterocycles. The van der Waals surface area contributed by atoms with Gasteiger partial charge in [0.2, 0.25) is 0 Å². The first kappa shape index (κ1) is 15.5. The maximum absolute atomic E-state index is 11.8. The first-order valence-corrected chi connectivity index (χ1v) is 6.92. The van der Waals surface area contributed by atoms with Crippen molar-refractivity contribution in [1.82, 2.24) is 0 Å². The lowest BCUT2D eigenvalue weighted by molar-refractivity contribution is -0.384. The molecule has 6 heteroatoms. The molecule has 0 bridgehead atoms. The Morgan fingerprint density at radius 3 is 2.23 bits per heavy atom. The van der Waals surface area contributed by atoms with Gasteiger partial charge in [0.1, 0.15) is 0 Å². The average molecular weight is 300 g/mol. The van der Waals surface area contributed by atoms with Gasteiger partial charge in [-0.05, 0) is 30.7 Å². The first-order chi connectivity index (χ1) is 10.6. The maximum Gasteiger partial charge on any atom is 0.332 e. The number of nitrogens with zero attached hydrogens (tertiary/aromatic N) is 2. The third kappa shape index (κ3) is 3.82. The van der Waals surface area contributed by atoms with Gasteiger partial charge in [-0.25, -0.2) is 4.79 Å². The van der Waals surface area contributed by atoms with Gasteiger partial charge in [0.05, 0.1) is 16.3 Å². The Kier molecular flexibility index (Phi) is 5.08. The monoisotopic (exact) mass is 300 g/mol. The van der Waals surface area contributed by atoms with E-state index in [0.29, 0.717) is 24.2 Å². The highest BCUT2D eigenvalue weighted by atomic mass is 16.7. The van der Waals surface area contributed by atoms with Crippen LogP contribution in [-0.2, 0) is 9.63 Å². The summed E-state index contributed by atoms with van der Waals surface area (Å²) >= 11 is 0. The Hall–Kier alpha value is -2.89. The number of nitro benzene ring substituents is 1. The molecule has 2 aromatic rings. The zero-order valence-corrected chi connectivity index (χ0v) is 12.1. The number of carbonyl (C=O) groups is 1. The van der Waals surface area contributed by atoms with Gasteiger partial charge < -0.3 is 4.84 Å². The summed E-state index contributed by atoms with van der Waals surface area (Å²) in [6.07, 6.45) is 0.984. The summed E-state index contributed by atoms with van der Waals surface area (Å²) in [5.74, 6) is -0.357. The summed E-state index contributed by atoms with van der Waals surface area (Å²) in [5.41, 5.74) is 1.19. The van der Waals surface area contributed by atoms with Crippen LogP contribution in [0.15, 0.2) is 54.6 Å². The minimum Gasteiger partial charge on any atom is -0.336 e. The van der Waals surface area contributed by atoms with Crippen LogP contribution < -0.4 is 5.06 Å². The number of carbonyl (C=O) groups excluding carboxylic acids is 1. The average Bonchev–Trinajstić information content (AvgIpc) is 2.54. The fraction of sp³-hybridized carbons (Fsp3) is 0.188. The Bertz CT molecular complexity index is 641. The number of nitro groups is 1. The van der Waals surface area contributed by atoms with Gasteiger partial charge in [-0.2, -0.15) is 5.06 Å². The van der Waals surface area contributed by atoms with E-state index in [9.17, 15) is 14.9 Å². The Morgan fingerprint density at radius 1 is 1.09 bits per heavy atom. The minimum absolute atomic E-state index is 0.0170. The number of non-ortho nitro benzene ring substituents is 1. The zero-order valence-electron chi connectivity index (χ0n) is 12.1. The van der Waals surface area contributed by atoms with Crippen LogP contribution >= 0.6 is 0 Å². The van der Waals surface area contributed by atoms with Crippen LogP contribution in [0.1, 0.15) is 19.8 Å². The van der Waals surface area contributed by atoms with E-state index in [-0.39, 0.29) is 11.7 Å². The number of benzene rings is 2. The lowest BCUT2D eigenvalue weighted by Gasteiger charge is -2.23. The number of hydrogen-bond donors (Lipinski definition) is 0. The predicted molar refractivity (Wildman–Crippen MR) is 82.7 cm³/mol. The molecule has 114 valence electrons. The largest absolute Gasteiger partial charge is 0.336 e. The summed E-state index contributed by atoms with van der Waals surface area (Å²) < 4.78 is 0. The SMILES string of the molecule is CCCC(=O)ON(c1ccccc1)c1ccc([N+](=O)[O-])cc1. The quantitative estimate of drug-likeness (QED) is 0.595. The normalized spacial score (nSPS) is 10.0. The van der Waals surface area contributed by atoms with Gasteiger partial charge in [-0.15, -0.1) is 0 Å². The summed E-state index contributed by atoms with van der Waals surface area (Å²) in [6.45, 7) is 1.89. The van der Waals surface area contributed by atoms with Crippen molar-refractivity contribution in [3.8, 4) is 0 Å². The van der Waals surface area contributed by atoms with E-state index >= 15 is 0 Å². The first-order valence-electron chi connectivity index (χ1n) is 6.92. The lowest BCUT2D eigenvalue weighted by atomic mass is 10.2. The molecule has 0 aliphatic rings. The molecule has 0 atom stereocenters. The number of para-hydroxylation sites is 1. The van der Waals surface area contributed by atoms with E-state index in [1.807, 2.05) is 25.1 Å². The number of rotatable bonds is 6. The highest BCUT2D eigenvalue weighted by Crippen LogP contribution is 2.27. The summed E-state index contributed by atoms with van der Waals surface area (Å²) in [4.78, 5) is 27.4. The third-order valence-corrected chi connectivity index (χ3v) is 2.93. The number of anilines is 2. The molecule has 0 aliphatic heterocycles. The van der Waals surface area contributed by atoms with Crippen molar-refractivity contribution in [3.63, 3.8) is 0 Å². The minimum atomic E-state index is -0.472. The topological polar surface area (TPSA) is 72.7 Å². The van der Waals surface area contributed by atoms with E-state index in [0.717, 1.165) is 0 Å². The summed E-state index contributed by atoms with van der Waals surface area (Å²) in [7, 11) is 0. The fourth-order valence-corrected chi connectivity index (χ4v) is 1.88. The van der Waals surface area contributed by atoms with E-state index < -0.39 is 4.92 Å². The van der Waals surface area contributed by atoms with Crippen LogP contribution in [-0.4, -0.2) is 10.9 Å². The second kappa shape index (κ2) is 7.21. The second-order valence-electron chi connectivity index (χ2n) is 4.62. The zero-order chi connectivity index (χ0) is 15.9. The van der Waals surface area contributed by atoms with Crippen molar-refractivity contribution in [1.29, 1.82) is 0 Å². The molecular weight excluding hydrogens is 284 g/mol. The van der Waals surface area contributed by atoms with Crippen molar-refractivity contribution in [3.05, 3.63) is 64.7 Å². The highest BCUT2D eigenvalue weighted by molar-refractivity contribution is 5.73. The Labute approximate surface area is 128 Å². The molecule has 0 radical (unpaired) electrons. The van der Waals surface area contributed by atoms with Crippen LogP contribution in [0.25, 0.3) is 0 Å². The fourth-order valence-electron chi connectivity index (χ4n) is 1.88. The van der Waals surface area contributed by atoms with Gasteiger partial charge in [-0.3, -0.25) is 10.1 Å². The van der Waals surface area contributed by atoms with Crippen LogP contribution in [0, 0.1) is 10.1 Å². The molecular formula is C16H16N2O4. The van der Waals surface area contributed by atoms with Gasteiger partial charge in [0.15, 0.2) is 0 Å². The van der Waals surface area contributed by atoms with Gasteiger partial charge in [-0.1, -0.05) is 25.1 Å². The van der Waals surface area contributed by atoms with Crippen LogP contribution in [0.4, 0.5) is 17.1 Å². The van der Waals surface area contributed by atoms with Gasteiger partial charge in [0.25, 0.3) is 5.69 Å². The maximum atomic E-state index is 11.8. The third-order valence-electron chi connectivity index (χ3n) is 2.93. The smallest absolute Gasteiger partial charge is 0.332 e. The van der Waals surface area contributed by atoms with Crippen molar-refractivity contribution >= 4 is 23.0 Å². The highest BCUT2D eigenvalue weighted by Gasteiger charge is 2.16. The molecule has 0 amide bonds. The van der Waals surface area contributed by atoms with Crippen LogP contribution in [0.2, 0.25) is 0 Å². The molecule has 0 saturated carbocycles. The molecule has 2 aromatic carbocycles. The Balaban J connectivity index is 2.31. The van der Waals surface area contributed by atoms with Crippen molar-refractivity contribution < 1.29 is 14.6 Å². The molecule has 6 nitrogen and oxygen atoms in total. The van der Waals surface area contributed by atoms with Crippen molar-refractivity contribution in [2.45, 2.75) is 19.8 Å². The molecule has 0 N–H and O–H groups in total. The van der Waals surface area contributed by atoms with Gasteiger partial charge in [0, 0.05) is 18.6 Å². The van der Waals surface area contributed by atoms with Crippen LogP contribution in [0.3, 0.4) is 0 Å². The standard InChI is InChI=1S/C16H16N2O4/c1-2-6-16(19)22-17(13-7-4-3-5-8-13)14-9-11-15(12-10-14)18(20)21/h3-5,7-12H,2,6H2,1H3. The van der Waals surface area contributed by atoms with Gasteiger partial charge >= 0.3 is 5.97 Å². The van der Waals surface area contributed by atoms with E-state index in [2.05, 4.69) is 0 Å². The predicted octanol–water partition coefficient (Wildman–Crippen LogP) is 3.99. The summed E-state index contributed by atoms with van der Waals surface area (Å²) in [5, 5.41) is 12.1. The molecule has 0 fully saturated rings. The molecule has 0 spiro atoms. The molecule has 0 unspecified atom stereocenters.